The molecule has 1 saturated carbocycles. The fourth-order valence-electron chi connectivity index (χ4n) is 7.10. The van der Waals surface area contributed by atoms with E-state index in [9.17, 15) is 19.2 Å². The van der Waals surface area contributed by atoms with Crippen LogP contribution < -0.4 is 21.7 Å². The topological polar surface area (TPSA) is 159 Å². The van der Waals surface area contributed by atoms with E-state index in [0.717, 1.165) is 67.9 Å². The summed E-state index contributed by atoms with van der Waals surface area (Å²) in [5.41, 5.74) is 9.71. The average molecular weight is 728 g/mol. The van der Waals surface area contributed by atoms with E-state index >= 15 is 0 Å². The molecular formula is C42H61N7O4. The van der Waals surface area contributed by atoms with Gasteiger partial charge in [0.2, 0.25) is 17.7 Å². The standard InChI is InChI=1S/C42H61N7O4/c1-5-20-49(21-6-2)42(53)35-23-33-17-18-34(24-37(33)48-38(43)25-35)41(52)47-36-22-31(26-44-28-36)27-46-39(50)10-8-7-9-19-45-40(51)32-15-13-30(14-16-32)12-11-29(3)4/h17-18,22-24,26,28-30,32H,5-16,19-21,25,27H2,1-4H3,(H2,43,48)(H,45,51)(H,46,50)(H,47,52). The van der Waals surface area contributed by atoms with Gasteiger partial charge in [-0.2, -0.15) is 0 Å². The molecule has 0 bridgehead atoms. The summed E-state index contributed by atoms with van der Waals surface area (Å²) in [4.78, 5) is 62.3. The molecular weight excluding hydrogens is 667 g/mol. The Bertz CT molecular complexity index is 1600. The molecule has 1 aliphatic heterocycles. The van der Waals surface area contributed by atoms with E-state index in [1.807, 2.05) is 24.8 Å². The van der Waals surface area contributed by atoms with Crippen LogP contribution in [0.4, 0.5) is 11.4 Å². The van der Waals surface area contributed by atoms with E-state index in [0.29, 0.717) is 60.9 Å². The molecule has 4 rings (SSSR count). The number of nitrogens with zero attached hydrogens (tertiary/aromatic N) is 3. The normalized spacial score (nSPS) is 16.8. The summed E-state index contributed by atoms with van der Waals surface area (Å²) < 4.78 is 0. The van der Waals surface area contributed by atoms with Crippen molar-refractivity contribution in [3.05, 3.63) is 58.9 Å². The van der Waals surface area contributed by atoms with Crippen LogP contribution >= 0.6 is 0 Å². The third-order valence-electron chi connectivity index (χ3n) is 10.1. The first-order valence-electron chi connectivity index (χ1n) is 19.8. The number of amidine groups is 1. The van der Waals surface area contributed by atoms with Crippen molar-refractivity contribution in [2.75, 3.05) is 25.0 Å². The number of aromatic nitrogens is 1. The number of anilines is 1. The van der Waals surface area contributed by atoms with Gasteiger partial charge in [0.25, 0.3) is 5.91 Å². The van der Waals surface area contributed by atoms with Crippen LogP contribution in [-0.4, -0.2) is 59.0 Å². The second kappa shape index (κ2) is 21.2. The first kappa shape index (κ1) is 41.2. The number of carbonyl (C=O) groups is 4. The van der Waals surface area contributed by atoms with Crippen LogP contribution in [0.15, 0.2) is 47.2 Å². The predicted molar refractivity (Wildman–Crippen MR) is 213 cm³/mol. The Morgan fingerprint density at radius 3 is 2.42 bits per heavy atom. The van der Waals surface area contributed by atoms with E-state index in [1.54, 1.807) is 36.7 Å². The van der Waals surface area contributed by atoms with Crippen molar-refractivity contribution in [3.63, 3.8) is 0 Å². The first-order chi connectivity index (χ1) is 25.6. The van der Waals surface area contributed by atoms with Gasteiger partial charge in [-0.15, -0.1) is 0 Å². The molecule has 0 radical (unpaired) electrons. The maximum atomic E-state index is 13.3. The van der Waals surface area contributed by atoms with Crippen molar-refractivity contribution in [3.8, 4) is 0 Å². The molecule has 0 unspecified atom stereocenters. The van der Waals surface area contributed by atoms with Crippen LogP contribution in [0.3, 0.4) is 0 Å². The minimum Gasteiger partial charge on any atom is -0.387 e. The number of nitrogens with one attached hydrogen (secondary N) is 3. The number of hydrogen-bond donors (Lipinski definition) is 4. The molecule has 288 valence electrons. The highest BCUT2D eigenvalue weighted by atomic mass is 16.2. The molecule has 1 aromatic heterocycles. The molecule has 2 aromatic rings. The van der Waals surface area contributed by atoms with Gasteiger partial charge >= 0.3 is 0 Å². The third kappa shape index (κ3) is 13.4. The largest absolute Gasteiger partial charge is 0.387 e. The van der Waals surface area contributed by atoms with Crippen LogP contribution in [-0.2, 0) is 20.9 Å². The molecule has 11 heteroatoms. The quantitative estimate of drug-likeness (QED) is 0.111. The Hall–Kier alpha value is -4.54. The first-order valence-corrected chi connectivity index (χ1v) is 19.8. The van der Waals surface area contributed by atoms with E-state index in [-0.39, 0.29) is 36.0 Å². The lowest BCUT2D eigenvalue weighted by atomic mass is 9.79. The zero-order valence-electron chi connectivity index (χ0n) is 32.3. The van der Waals surface area contributed by atoms with Gasteiger partial charge < -0.3 is 26.6 Å². The molecule has 2 heterocycles. The highest BCUT2D eigenvalue weighted by Gasteiger charge is 2.26. The van der Waals surface area contributed by atoms with Crippen molar-refractivity contribution >= 4 is 46.9 Å². The number of hydrogen-bond acceptors (Lipinski definition) is 7. The summed E-state index contributed by atoms with van der Waals surface area (Å²) in [5, 5.41) is 8.93. The van der Waals surface area contributed by atoms with Crippen LogP contribution in [0.1, 0.15) is 133 Å². The smallest absolute Gasteiger partial charge is 0.255 e. The van der Waals surface area contributed by atoms with E-state index in [2.05, 4.69) is 39.8 Å². The maximum Gasteiger partial charge on any atom is 0.255 e. The molecule has 5 N–H and O–H groups in total. The summed E-state index contributed by atoms with van der Waals surface area (Å²) in [7, 11) is 0. The molecule has 1 aromatic carbocycles. The number of rotatable bonds is 19. The highest BCUT2D eigenvalue weighted by Crippen LogP contribution is 2.33. The lowest BCUT2D eigenvalue weighted by Crippen LogP contribution is -2.34. The molecule has 1 fully saturated rings. The van der Waals surface area contributed by atoms with Gasteiger partial charge in [0, 0.05) is 67.8 Å². The van der Waals surface area contributed by atoms with Gasteiger partial charge in [0.15, 0.2) is 0 Å². The minimum absolute atomic E-state index is 0.0398. The predicted octanol–water partition coefficient (Wildman–Crippen LogP) is 7.29. The van der Waals surface area contributed by atoms with Gasteiger partial charge in [-0.3, -0.25) is 24.2 Å². The number of fused-ring (bicyclic) bond motifs is 1. The Labute approximate surface area is 316 Å². The van der Waals surface area contributed by atoms with Crippen LogP contribution in [0.2, 0.25) is 0 Å². The zero-order valence-corrected chi connectivity index (χ0v) is 32.3. The van der Waals surface area contributed by atoms with Crippen LogP contribution in [0.25, 0.3) is 6.08 Å². The fourth-order valence-corrected chi connectivity index (χ4v) is 7.10. The molecule has 0 atom stereocenters. The molecule has 4 amide bonds. The lowest BCUT2D eigenvalue weighted by Gasteiger charge is -2.28. The number of carbonyl (C=O) groups excluding carboxylic acids is 4. The monoisotopic (exact) mass is 727 g/mol. The van der Waals surface area contributed by atoms with Crippen molar-refractivity contribution in [1.29, 1.82) is 0 Å². The molecule has 11 nitrogen and oxygen atoms in total. The number of nitrogens with two attached hydrogens (primary N) is 1. The van der Waals surface area contributed by atoms with E-state index in [4.69, 9.17) is 5.73 Å². The van der Waals surface area contributed by atoms with Gasteiger partial charge in [-0.1, -0.05) is 53.0 Å². The Kier molecular flexibility index (Phi) is 16.5. The Morgan fingerprint density at radius 1 is 0.943 bits per heavy atom. The summed E-state index contributed by atoms with van der Waals surface area (Å²) >= 11 is 0. The number of pyridine rings is 1. The van der Waals surface area contributed by atoms with Gasteiger partial charge in [-0.25, -0.2) is 4.99 Å². The fraction of sp³-hybridized carbons (Fsp3) is 0.571. The van der Waals surface area contributed by atoms with E-state index in [1.165, 1.54) is 25.7 Å². The van der Waals surface area contributed by atoms with Crippen molar-refractivity contribution in [1.82, 2.24) is 20.5 Å². The van der Waals surface area contributed by atoms with Gasteiger partial charge in [-0.05, 0) is 93.0 Å². The Balaban J connectivity index is 1.18. The number of amides is 4. The van der Waals surface area contributed by atoms with Gasteiger partial charge in [0.1, 0.15) is 5.84 Å². The van der Waals surface area contributed by atoms with Crippen molar-refractivity contribution < 1.29 is 19.2 Å². The second-order valence-corrected chi connectivity index (χ2v) is 15.1. The molecule has 0 saturated heterocycles. The SMILES string of the molecule is CCCN(CCC)C(=O)C1=Cc2ccc(C(=O)Nc3cncc(CNC(=O)CCCCCNC(=O)C4CCC(CCC(C)C)CC4)c3)cc2N=C(N)C1. The van der Waals surface area contributed by atoms with E-state index < -0.39 is 0 Å². The molecule has 1 aliphatic carbocycles. The maximum absolute atomic E-state index is 13.3. The van der Waals surface area contributed by atoms with Crippen LogP contribution in [0, 0.1) is 17.8 Å². The number of unbranched alkanes of at least 4 members (excludes halogenated alkanes) is 2. The third-order valence-corrected chi connectivity index (χ3v) is 10.1. The molecule has 0 spiro atoms. The number of aliphatic imine (C=N–C) groups is 1. The Morgan fingerprint density at radius 2 is 1.70 bits per heavy atom. The zero-order chi connectivity index (χ0) is 38.2. The van der Waals surface area contributed by atoms with Crippen LogP contribution in [0.5, 0.6) is 0 Å². The van der Waals surface area contributed by atoms with Crippen molar-refractivity contribution in [2.45, 2.75) is 118 Å². The number of benzene rings is 1. The molecule has 2 aliphatic rings. The average Bonchev–Trinajstić information content (AvgIpc) is 3.31. The summed E-state index contributed by atoms with van der Waals surface area (Å²) in [5.74, 6) is 1.75. The van der Waals surface area contributed by atoms with Crippen molar-refractivity contribution in [2.24, 2.45) is 28.5 Å². The minimum atomic E-state index is -0.341. The second-order valence-electron chi connectivity index (χ2n) is 15.1. The summed E-state index contributed by atoms with van der Waals surface area (Å²) in [6.45, 7) is 10.9. The summed E-state index contributed by atoms with van der Waals surface area (Å²) in [6.07, 6.45) is 16.8. The van der Waals surface area contributed by atoms with Gasteiger partial charge in [0.05, 0.1) is 17.6 Å². The lowest BCUT2D eigenvalue weighted by molar-refractivity contribution is -0.127. The highest BCUT2D eigenvalue weighted by molar-refractivity contribution is 6.08. The molecule has 53 heavy (non-hydrogen) atoms. The summed E-state index contributed by atoms with van der Waals surface area (Å²) in [6, 6.07) is 6.93.